The van der Waals surface area contributed by atoms with Crippen molar-refractivity contribution in [3.63, 3.8) is 0 Å². The van der Waals surface area contributed by atoms with Crippen molar-refractivity contribution < 1.29 is 13.2 Å². The first kappa shape index (κ1) is 13.2. The lowest BCUT2D eigenvalue weighted by Gasteiger charge is -2.26. The molecule has 1 aliphatic rings. The Balaban J connectivity index is 2.16. The van der Waals surface area contributed by atoms with E-state index in [-0.39, 0.29) is 6.04 Å². The molecule has 1 unspecified atom stereocenters. The van der Waals surface area contributed by atoms with Crippen LogP contribution in [0, 0.1) is 0 Å². The highest BCUT2D eigenvalue weighted by Gasteiger charge is 2.34. The monoisotopic (exact) mass is 260 g/mol. The number of halogens is 3. The van der Waals surface area contributed by atoms with E-state index in [1.54, 1.807) is 0 Å². The Morgan fingerprint density at radius 2 is 1.78 bits per heavy atom. The Kier molecular flexibility index (Phi) is 3.82. The van der Waals surface area contributed by atoms with Gasteiger partial charge in [-0.15, -0.1) is 0 Å². The molecule has 1 aliphatic heterocycles. The normalized spacial score (nSPS) is 19.1. The van der Waals surface area contributed by atoms with Crippen molar-refractivity contribution in [2.45, 2.75) is 25.1 Å². The van der Waals surface area contributed by atoms with Gasteiger partial charge in [0.05, 0.1) is 6.04 Å². The van der Waals surface area contributed by atoms with Crippen LogP contribution in [0.4, 0.5) is 13.2 Å². The van der Waals surface area contributed by atoms with Gasteiger partial charge in [-0.1, -0.05) is 0 Å². The number of hydrogen-bond acceptors (Lipinski definition) is 4. The molecule has 2 heterocycles. The zero-order valence-corrected chi connectivity index (χ0v) is 9.82. The molecule has 0 spiro atoms. The molecule has 1 atom stereocenters. The first-order chi connectivity index (χ1) is 8.52. The molecule has 0 radical (unpaired) electrons. The van der Waals surface area contributed by atoms with Crippen molar-refractivity contribution in [3.8, 4) is 0 Å². The summed E-state index contributed by atoms with van der Waals surface area (Å²) in [5.74, 6) is -1.11. The maximum absolute atomic E-state index is 12.3. The lowest BCUT2D eigenvalue weighted by atomic mass is 10.1. The van der Waals surface area contributed by atoms with E-state index in [1.165, 1.54) is 12.4 Å². The van der Waals surface area contributed by atoms with Crippen molar-refractivity contribution >= 4 is 0 Å². The molecular weight excluding hydrogens is 245 g/mol. The predicted octanol–water partition coefficient (Wildman–Crippen LogP) is 1.59. The highest BCUT2D eigenvalue weighted by atomic mass is 19.4. The first-order valence-electron chi connectivity index (χ1n) is 5.85. The van der Waals surface area contributed by atoms with Crippen molar-refractivity contribution in [3.05, 3.63) is 23.8 Å². The van der Waals surface area contributed by atoms with Crippen molar-refractivity contribution in [2.75, 3.05) is 19.6 Å². The Hall–Kier alpha value is -1.21. The fourth-order valence-corrected chi connectivity index (χ4v) is 2.21. The molecule has 1 fully saturated rings. The van der Waals surface area contributed by atoms with E-state index in [4.69, 9.17) is 5.73 Å². The van der Waals surface area contributed by atoms with Crippen LogP contribution in [-0.4, -0.2) is 34.5 Å². The predicted molar refractivity (Wildman–Crippen MR) is 59.6 cm³/mol. The molecule has 7 heteroatoms. The number of nitrogens with zero attached hydrogens (tertiary/aromatic N) is 3. The number of hydrogen-bond donors (Lipinski definition) is 1. The van der Waals surface area contributed by atoms with Gasteiger partial charge in [0.2, 0.25) is 5.82 Å². The van der Waals surface area contributed by atoms with Gasteiger partial charge in [-0.05, 0) is 25.9 Å². The molecule has 0 saturated carbocycles. The lowest BCUT2D eigenvalue weighted by Crippen LogP contribution is -2.31. The number of nitrogens with two attached hydrogens (primary N) is 1. The molecule has 100 valence electrons. The summed E-state index contributed by atoms with van der Waals surface area (Å²) in [4.78, 5) is 8.90. The van der Waals surface area contributed by atoms with E-state index in [0.29, 0.717) is 12.1 Å². The minimum absolute atomic E-state index is 0.0882. The number of alkyl halides is 3. The second-order valence-corrected chi connectivity index (χ2v) is 4.33. The van der Waals surface area contributed by atoms with Gasteiger partial charge >= 0.3 is 6.18 Å². The molecular formula is C11H15F3N4. The summed E-state index contributed by atoms with van der Waals surface area (Å²) in [6, 6.07) is -0.0882. The highest BCUT2D eigenvalue weighted by molar-refractivity contribution is 5.13. The standard InChI is InChI=1S/C11H15F3N4/c12-11(13,14)10-16-6-8(7-17-10)9(5-15)18-3-1-2-4-18/h6-7,9H,1-5,15H2. The van der Waals surface area contributed by atoms with Gasteiger partial charge in [-0.25, -0.2) is 9.97 Å². The number of rotatable bonds is 3. The molecule has 0 aliphatic carbocycles. The van der Waals surface area contributed by atoms with Gasteiger partial charge < -0.3 is 5.73 Å². The van der Waals surface area contributed by atoms with Crippen LogP contribution in [0.15, 0.2) is 12.4 Å². The Bertz CT molecular complexity index is 384. The molecule has 0 bridgehead atoms. The molecule has 1 saturated heterocycles. The molecule has 0 amide bonds. The Labute approximate surface area is 103 Å². The van der Waals surface area contributed by atoms with Crippen molar-refractivity contribution in [1.82, 2.24) is 14.9 Å². The van der Waals surface area contributed by atoms with Gasteiger partial charge in [0, 0.05) is 24.5 Å². The van der Waals surface area contributed by atoms with Crippen LogP contribution in [0.25, 0.3) is 0 Å². The van der Waals surface area contributed by atoms with E-state index < -0.39 is 12.0 Å². The number of aromatic nitrogens is 2. The van der Waals surface area contributed by atoms with Gasteiger partial charge in [-0.2, -0.15) is 13.2 Å². The maximum Gasteiger partial charge on any atom is 0.451 e. The van der Waals surface area contributed by atoms with E-state index in [0.717, 1.165) is 25.9 Å². The van der Waals surface area contributed by atoms with Crippen LogP contribution in [-0.2, 0) is 6.18 Å². The van der Waals surface area contributed by atoms with Crippen molar-refractivity contribution in [1.29, 1.82) is 0 Å². The zero-order chi connectivity index (χ0) is 13.2. The second kappa shape index (κ2) is 5.19. The summed E-state index contributed by atoms with van der Waals surface area (Å²) in [6.07, 6.45) is 0.151. The van der Waals surface area contributed by atoms with Gasteiger partial charge in [0.25, 0.3) is 0 Å². The molecule has 0 aromatic carbocycles. The van der Waals surface area contributed by atoms with Crippen LogP contribution in [0.2, 0.25) is 0 Å². The third kappa shape index (κ3) is 2.78. The SMILES string of the molecule is NCC(c1cnc(C(F)(F)F)nc1)N1CCCC1. The van der Waals surface area contributed by atoms with Gasteiger partial charge in [0.15, 0.2) is 0 Å². The third-order valence-corrected chi connectivity index (χ3v) is 3.11. The fourth-order valence-electron chi connectivity index (χ4n) is 2.21. The van der Waals surface area contributed by atoms with E-state index in [9.17, 15) is 13.2 Å². The summed E-state index contributed by atoms with van der Waals surface area (Å²) >= 11 is 0. The van der Waals surface area contributed by atoms with Crippen LogP contribution < -0.4 is 5.73 Å². The van der Waals surface area contributed by atoms with E-state index in [1.807, 2.05) is 0 Å². The van der Waals surface area contributed by atoms with E-state index in [2.05, 4.69) is 14.9 Å². The largest absolute Gasteiger partial charge is 0.451 e. The smallest absolute Gasteiger partial charge is 0.329 e. The summed E-state index contributed by atoms with van der Waals surface area (Å²) in [6.45, 7) is 2.19. The maximum atomic E-state index is 12.3. The van der Waals surface area contributed by atoms with Crippen LogP contribution >= 0.6 is 0 Å². The van der Waals surface area contributed by atoms with Crippen LogP contribution in [0.1, 0.15) is 30.3 Å². The van der Waals surface area contributed by atoms with Crippen LogP contribution in [0.5, 0.6) is 0 Å². The summed E-state index contributed by atoms with van der Waals surface area (Å²) < 4.78 is 37.0. The Morgan fingerprint density at radius 3 is 2.22 bits per heavy atom. The minimum Gasteiger partial charge on any atom is -0.329 e. The lowest BCUT2D eigenvalue weighted by molar-refractivity contribution is -0.145. The molecule has 2 N–H and O–H groups in total. The van der Waals surface area contributed by atoms with Gasteiger partial charge in [-0.3, -0.25) is 4.90 Å². The molecule has 1 aromatic heterocycles. The van der Waals surface area contributed by atoms with E-state index >= 15 is 0 Å². The fraction of sp³-hybridized carbons (Fsp3) is 0.636. The summed E-state index contributed by atoms with van der Waals surface area (Å²) in [7, 11) is 0. The molecule has 18 heavy (non-hydrogen) atoms. The first-order valence-corrected chi connectivity index (χ1v) is 5.85. The third-order valence-electron chi connectivity index (χ3n) is 3.11. The average Bonchev–Trinajstić information content (AvgIpc) is 2.83. The second-order valence-electron chi connectivity index (χ2n) is 4.33. The van der Waals surface area contributed by atoms with Crippen LogP contribution in [0.3, 0.4) is 0 Å². The molecule has 1 aromatic rings. The average molecular weight is 260 g/mol. The van der Waals surface area contributed by atoms with Crippen molar-refractivity contribution in [2.24, 2.45) is 5.73 Å². The molecule has 2 rings (SSSR count). The zero-order valence-electron chi connectivity index (χ0n) is 9.82. The minimum atomic E-state index is -4.50. The number of likely N-dealkylation sites (tertiary alicyclic amines) is 1. The summed E-state index contributed by atoms with van der Waals surface area (Å²) in [5, 5.41) is 0. The highest BCUT2D eigenvalue weighted by Crippen LogP contribution is 2.27. The summed E-state index contributed by atoms with van der Waals surface area (Å²) in [5.41, 5.74) is 6.33. The molecule has 4 nitrogen and oxygen atoms in total. The van der Waals surface area contributed by atoms with Gasteiger partial charge in [0.1, 0.15) is 0 Å². The quantitative estimate of drug-likeness (QED) is 0.896. The topological polar surface area (TPSA) is 55.0 Å². The Morgan fingerprint density at radius 1 is 1.22 bits per heavy atom.